The average Bonchev–Trinajstić information content (AvgIpc) is 3.24. The van der Waals surface area contributed by atoms with Crippen LogP contribution in [0.15, 0.2) is 29.5 Å². The molecule has 1 saturated heterocycles. The van der Waals surface area contributed by atoms with Crippen molar-refractivity contribution in [1.29, 1.82) is 0 Å². The molecule has 1 aliphatic carbocycles. The van der Waals surface area contributed by atoms with Gasteiger partial charge in [-0.2, -0.15) is 5.10 Å². The summed E-state index contributed by atoms with van der Waals surface area (Å²) in [5.74, 6) is 0. The second kappa shape index (κ2) is 6.32. The lowest BCUT2D eigenvalue weighted by Gasteiger charge is -2.51. The van der Waals surface area contributed by atoms with Gasteiger partial charge in [0.1, 0.15) is 0 Å². The molecule has 3 heterocycles. The molecule has 7 nitrogen and oxygen atoms in total. The van der Waals surface area contributed by atoms with Crippen LogP contribution in [0.3, 0.4) is 0 Å². The molecule has 2 fully saturated rings. The Balaban J connectivity index is 1.64. The van der Waals surface area contributed by atoms with Gasteiger partial charge in [0.15, 0.2) is 0 Å². The summed E-state index contributed by atoms with van der Waals surface area (Å²) in [5, 5.41) is 15.7. The molecule has 140 valence electrons. The molecule has 2 aromatic heterocycles. The summed E-state index contributed by atoms with van der Waals surface area (Å²) in [4.78, 5) is 19.5. The molecular formula is C19H27N5O2. The summed E-state index contributed by atoms with van der Waals surface area (Å²) < 4.78 is 3.27. The first-order chi connectivity index (χ1) is 12.4. The SMILES string of the molecule is CN1CCC(O)(Cn2cnc(-c3ccnn3C)cc2=O)C2(CCCC2)C1. The second-order valence-corrected chi connectivity index (χ2v) is 8.09. The van der Waals surface area contributed by atoms with E-state index in [4.69, 9.17) is 0 Å². The standard InChI is InChI=1S/C19H27N5O2/c1-22-10-8-19(26,18(12-22)6-3-4-7-18)13-24-14-20-15(11-17(24)25)16-5-9-21-23(16)2/h5,9,11,14,26H,3-4,6-8,10,12-13H2,1-2H3. The van der Waals surface area contributed by atoms with E-state index in [0.717, 1.165) is 44.5 Å². The monoisotopic (exact) mass is 357 g/mol. The van der Waals surface area contributed by atoms with Crippen LogP contribution in [0.25, 0.3) is 11.4 Å². The maximum Gasteiger partial charge on any atom is 0.254 e. The third-order valence-corrected chi connectivity index (χ3v) is 6.42. The predicted molar refractivity (Wildman–Crippen MR) is 98.7 cm³/mol. The molecule has 1 spiro atoms. The smallest absolute Gasteiger partial charge is 0.254 e. The van der Waals surface area contributed by atoms with Crippen molar-refractivity contribution in [2.45, 2.75) is 44.2 Å². The lowest BCUT2D eigenvalue weighted by molar-refractivity contribution is -0.139. The Hall–Kier alpha value is -1.99. The van der Waals surface area contributed by atoms with E-state index in [1.165, 1.54) is 6.07 Å². The highest BCUT2D eigenvalue weighted by Crippen LogP contribution is 2.51. The molecule has 0 radical (unpaired) electrons. The zero-order valence-electron chi connectivity index (χ0n) is 15.6. The fraction of sp³-hybridized carbons (Fsp3) is 0.632. The quantitative estimate of drug-likeness (QED) is 0.895. The van der Waals surface area contributed by atoms with Crippen molar-refractivity contribution in [3.05, 3.63) is 35.0 Å². The number of nitrogens with zero attached hydrogens (tertiary/aromatic N) is 5. The van der Waals surface area contributed by atoms with Gasteiger partial charge in [-0.05, 0) is 32.4 Å². The second-order valence-electron chi connectivity index (χ2n) is 8.09. The molecule has 0 bridgehead atoms. The van der Waals surface area contributed by atoms with Crippen LogP contribution < -0.4 is 5.56 Å². The number of hydrogen-bond donors (Lipinski definition) is 1. The van der Waals surface area contributed by atoms with Crippen LogP contribution in [0, 0.1) is 5.41 Å². The van der Waals surface area contributed by atoms with Crippen molar-refractivity contribution in [3.63, 3.8) is 0 Å². The molecule has 1 atom stereocenters. The Morgan fingerprint density at radius 2 is 2.00 bits per heavy atom. The van der Waals surface area contributed by atoms with Gasteiger partial charge in [-0.25, -0.2) is 4.98 Å². The van der Waals surface area contributed by atoms with Crippen LogP contribution in [0.5, 0.6) is 0 Å². The van der Waals surface area contributed by atoms with Crippen molar-refractivity contribution in [2.24, 2.45) is 12.5 Å². The summed E-state index contributed by atoms with van der Waals surface area (Å²) in [7, 11) is 3.95. The van der Waals surface area contributed by atoms with Crippen molar-refractivity contribution in [3.8, 4) is 11.4 Å². The van der Waals surface area contributed by atoms with E-state index in [0.29, 0.717) is 18.7 Å². The van der Waals surface area contributed by atoms with Gasteiger partial charge in [-0.1, -0.05) is 12.8 Å². The molecule has 2 aromatic rings. The fourth-order valence-electron chi connectivity index (χ4n) is 4.90. The lowest BCUT2D eigenvalue weighted by atomic mass is 9.66. The summed E-state index contributed by atoms with van der Waals surface area (Å²) >= 11 is 0. The van der Waals surface area contributed by atoms with Crippen molar-refractivity contribution >= 4 is 0 Å². The molecule has 1 saturated carbocycles. The molecule has 2 aliphatic rings. The highest BCUT2D eigenvalue weighted by Gasteiger charge is 2.54. The zero-order chi connectivity index (χ0) is 18.4. The van der Waals surface area contributed by atoms with Crippen LogP contribution in [-0.4, -0.2) is 55.1 Å². The van der Waals surface area contributed by atoms with E-state index in [1.807, 2.05) is 13.1 Å². The van der Waals surface area contributed by atoms with Gasteiger partial charge in [0.2, 0.25) is 0 Å². The first kappa shape index (κ1) is 17.4. The van der Waals surface area contributed by atoms with E-state index in [2.05, 4.69) is 22.0 Å². The minimum absolute atomic E-state index is 0.111. The Labute approximate surface area is 153 Å². The van der Waals surface area contributed by atoms with Gasteiger partial charge < -0.3 is 10.0 Å². The average molecular weight is 357 g/mol. The van der Waals surface area contributed by atoms with Crippen molar-refractivity contribution < 1.29 is 5.11 Å². The largest absolute Gasteiger partial charge is 0.387 e. The minimum Gasteiger partial charge on any atom is -0.387 e. The van der Waals surface area contributed by atoms with Crippen molar-refractivity contribution in [1.82, 2.24) is 24.2 Å². The summed E-state index contributed by atoms with van der Waals surface area (Å²) in [5.41, 5.74) is 0.323. The topological polar surface area (TPSA) is 76.2 Å². The van der Waals surface area contributed by atoms with Gasteiger partial charge in [-0.15, -0.1) is 0 Å². The first-order valence-electron chi connectivity index (χ1n) is 9.38. The third kappa shape index (κ3) is 2.79. The van der Waals surface area contributed by atoms with Gasteiger partial charge >= 0.3 is 0 Å². The van der Waals surface area contributed by atoms with E-state index < -0.39 is 5.60 Å². The Morgan fingerprint density at radius 3 is 2.65 bits per heavy atom. The maximum absolute atomic E-state index is 12.7. The molecule has 7 heteroatoms. The van der Waals surface area contributed by atoms with Gasteiger partial charge in [-0.3, -0.25) is 14.0 Å². The first-order valence-corrected chi connectivity index (χ1v) is 9.38. The van der Waals surface area contributed by atoms with Crippen molar-refractivity contribution in [2.75, 3.05) is 20.1 Å². The summed E-state index contributed by atoms with van der Waals surface area (Å²) in [6, 6.07) is 3.38. The number of rotatable bonds is 3. The Bertz CT molecular complexity index is 852. The van der Waals surface area contributed by atoms with Gasteiger partial charge in [0.25, 0.3) is 5.56 Å². The maximum atomic E-state index is 12.7. The molecule has 0 amide bonds. The molecule has 26 heavy (non-hydrogen) atoms. The molecule has 1 unspecified atom stereocenters. The van der Waals surface area contributed by atoms with Crippen LogP contribution in [0.1, 0.15) is 32.1 Å². The lowest BCUT2D eigenvalue weighted by Crippen LogP contribution is -2.60. The number of aryl methyl sites for hydroxylation is 1. The van der Waals surface area contributed by atoms with Gasteiger partial charge in [0.05, 0.1) is 29.9 Å². The molecule has 1 aliphatic heterocycles. The number of aromatic nitrogens is 4. The van der Waals surface area contributed by atoms with E-state index in [-0.39, 0.29) is 11.0 Å². The van der Waals surface area contributed by atoms with Gasteiger partial charge in [0, 0.05) is 37.8 Å². The van der Waals surface area contributed by atoms with E-state index >= 15 is 0 Å². The number of piperidine rings is 1. The summed E-state index contributed by atoms with van der Waals surface area (Å²) in [6.45, 7) is 2.07. The summed E-state index contributed by atoms with van der Waals surface area (Å²) in [6.07, 6.45) is 8.33. The van der Waals surface area contributed by atoms with Crippen LogP contribution in [-0.2, 0) is 13.6 Å². The molecule has 4 rings (SSSR count). The number of aliphatic hydroxyl groups is 1. The molecular weight excluding hydrogens is 330 g/mol. The Kier molecular flexibility index (Phi) is 4.23. The van der Waals surface area contributed by atoms with E-state index in [1.54, 1.807) is 21.8 Å². The highest BCUT2D eigenvalue weighted by atomic mass is 16.3. The Morgan fingerprint density at radius 1 is 1.23 bits per heavy atom. The molecule has 1 N–H and O–H groups in total. The minimum atomic E-state index is -0.852. The fourth-order valence-corrected chi connectivity index (χ4v) is 4.90. The van der Waals surface area contributed by atoms with Crippen LogP contribution in [0.4, 0.5) is 0 Å². The normalized spacial score (nSPS) is 25.8. The zero-order valence-corrected chi connectivity index (χ0v) is 15.6. The molecule has 0 aromatic carbocycles. The van der Waals surface area contributed by atoms with Crippen LogP contribution >= 0.6 is 0 Å². The predicted octanol–water partition coefficient (Wildman–Crippen LogP) is 1.27. The number of likely N-dealkylation sites (tertiary alicyclic amines) is 1. The highest BCUT2D eigenvalue weighted by molar-refractivity contribution is 5.52. The third-order valence-electron chi connectivity index (χ3n) is 6.42. The van der Waals surface area contributed by atoms with Crippen LogP contribution in [0.2, 0.25) is 0 Å². The number of hydrogen-bond acceptors (Lipinski definition) is 5. The van der Waals surface area contributed by atoms with E-state index in [9.17, 15) is 9.90 Å².